The molecule has 0 atom stereocenters. The first-order chi connectivity index (χ1) is 7.99. The average Bonchev–Trinajstić information content (AvgIpc) is 2.58. The fraction of sp³-hybridized carbons (Fsp3) is 0.250. The number of halogens is 3. The van der Waals surface area contributed by atoms with Gasteiger partial charge in [-0.25, -0.2) is 8.78 Å². The van der Waals surface area contributed by atoms with Gasteiger partial charge in [-0.05, 0) is 34.0 Å². The third kappa shape index (κ3) is 2.39. The molecule has 0 saturated heterocycles. The van der Waals surface area contributed by atoms with Gasteiger partial charge in [0.2, 0.25) is 0 Å². The van der Waals surface area contributed by atoms with Crippen LogP contribution in [0.3, 0.4) is 0 Å². The molecule has 2 aromatic rings. The number of aromatic amines is 1. The monoisotopic (exact) mass is 300 g/mol. The Hall–Kier alpha value is -1.23. The first kappa shape index (κ1) is 12.2. The van der Waals surface area contributed by atoms with Gasteiger partial charge in [0, 0.05) is 11.6 Å². The van der Waals surface area contributed by atoms with Crippen LogP contribution in [-0.4, -0.2) is 10.2 Å². The maximum atomic E-state index is 13.1. The molecule has 0 aliphatic carbocycles. The van der Waals surface area contributed by atoms with E-state index >= 15 is 0 Å². The summed E-state index contributed by atoms with van der Waals surface area (Å²) in [5, 5.41) is 6.95. The molecule has 0 unspecified atom stereocenters. The highest BCUT2D eigenvalue weighted by Crippen LogP contribution is 2.32. The first-order valence-electron chi connectivity index (χ1n) is 5.19. The average molecular weight is 301 g/mol. The van der Waals surface area contributed by atoms with Gasteiger partial charge in [-0.2, -0.15) is 5.10 Å². The molecule has 0 spiro atoms. The number of hydrogen-bond donors (Lipinski definition) is 1. The topological polar surface area (TPSA) is 28.7 Å². The predicted molar refractivity (Wildman–Crippen MR) is 65.7 cm³/mol. The largest absolute Gasteiger partial charge is 0.281 e. The molecule has 1 N–H and O–H groups in total. The number of nitrogens with zero attached hydrogens (tertiary/aromatic N) is 1. The highest BCUT2D eigenvalue weighted by Gasteiger charge is 2.15. The van der Waals surface area contributed by atoms with E-state index in [1.54, 1.807) is 0 Å². The van der Waals surface area contributed by atoms with Crippen molar-refractivity contribution in [1.29, 1.82) is 0 Å². The van der Waals surface area contributed by atoms with Crippen LogP contribution in [0.25, 0.3) is 11.3 Å². The molecule has 0 aliphatic rings. The van der Waals surface area contributed by atoms with Crippen LogP contribution < -0.4 is 0 Å². The molecular formula is C12H11BrF2N2. The lowest BCUT2D eigenvalue weighted by Crippen LogP contribution is -1.87. The molecule has 0 amide bonds. The van der Waals surface area contributed by atoms with E-state index in [1.165, 1.54) is 12.1 Å². The van der Waals surface area contributed by atoms with Gasteiger partial charge >= 0.3 is 0 Å². The maximum absolute atomic E-state index is 13.1. The zero-order valence-electron chi connectivity index (χ0n) is 9.39. The SMILES string of the molecule is CC(C)c1[nH]nc(-c2cc(F)cc(F)c2)c1Br. The van der Waals surface area contributed by atoms with Crippen molar-refractivity contribution in [3.05, 3.63) is 40.0 Å². The van der Waals surface area contributed by atoms with Crippen molar-refractivity contribution in [1.82, 2.24) is 10.2 Å². The molecule has 2 rings (SSSR count). The number of benzene rings is 1. The van der Waals surface area contributed by atoms with Crippen LogP contribution >= 0.6 is 15.9 Å². The Bertz CT molecular complexity index is 529. The highest BCUT2D eigenvalue weighted by molar-refractivity contribution is 9.10. The smallest absolute Gasteiger partial charge is 0.126 e. The second-order valence-corrected chi connectivity index (χ2v) is 4.91. The Morgan fingerprint density at radius 3 is 2.24 bits per heavy atom. The standard InChI is InChI=1S/C12H11BrF2N2/c1-6(2)11-10(13)12(17-16-11)7-3-8(14)5-9(15)4-7/h3-6H,1-2H3,(H,16,17). The summed E-state index contributed by atoms with van der Waals surface area (Å²) in [6.45, 7) is 4.02. The fourth-order valence-corrected chi connectivity index (χ4v) is 2.47. The molecule has 1 aromatic heterocycles. The molecule has 0 bridgehead atoms. The van der Waals surface area contributed by atoms with Crippen molar-refractivity contribution in [2.75, 3.05) is 0 Å². The third-order valence-corrected chi connectivity index (χ3v) is 3.25. The normalized spacial score (nSPS) is 11.2. The van der Waals surface area contributed by atoms with E-state index in [1.807, 2.05) is 13.8 Å². The molecule has 5 heteroatoms. The molecule has 0 aliphatic heterocycles. The van der Waals surface area contributed by atoms with Crippen LogP contribution in [-0.2, 0) is 0 Å². The van der Waals surface area contributed by atoms with Crippen LogP contribution in [0.1, 0.15) is 25.5 Å². The van der Waals surface area contributed by atoms with Gasteiger partial charge in [0.05, 0.1) is 10.2 Å². The minimum absolute atomic E-state index is 0.254. The van der Waals surface area contributed by atoms with Crippen LogP contribution in [0.4, 0.5) is 8.78 Å². The number of hydrogen-bond acceptors (Lipinski definition) is 1. The minimum atomic E-state index is -0.610. The molecule has 0 radical (unpaired) electrons. The number of aromatic nitrogens is 2. The van der Waals surface area contributed by atoms with E-state index in [4.69, 9.17) is 0 Å². The van der Waals surface area contributed by atoms with Crippen molar-refractivity contribution in [3.8, 4) is 11.3 Å². The Labute approximate surface area is 106 Å². The molecule has 1 heterocycles. The third-order valence-electron chi connectivity index (χ3n) is 2.45. The second kappa shape index (κ2) is 4.56. The fourth-order valence-electron chi connectivity index (χ4n) is 1.61. The van der Waals surface area contributed by atoms with E-state index in [2.05, 4.69) is 26.1 Å². The van der Waals surface area contributed by atoms with Crippen molar-refractivity contribution in [2.45, 2.75) is 19.8 Å². The molecule has 1 aromatic carbocycles. The van der Waals surface area contributed by atoms with Crippen molar-refractivity contribution < 1.29 is 8.78 Å². The molecular weight excluding hydrogens is 290 g/mol. The second-order valence-electron chi connectivity index (χ2n) is 4.11. The molecule has 0 fully saturated rings. The zero-order chi connectivity index (χ0) is 12.6. The summed E-state index contributed by atoms with van der Waals surface area (Å²) in [6, 6.07) is 3.36. The van der Waals surface area contributed by atoms with E-state index in [-0.39, 0.29) is 5.92 Å². The predicted octanol–water partition coefficient (Wildman–Crippen LogP) is 4.24. The van der Waals surface area contributed by atoms with Crippen LogP contribution in [0.2, 0.25) is 0 Å². The van der Waals surface area contributed by atoms with E-state index in [0.717, 1.165) is 16.2 Å². The number of rotatable bonds is 2. The maximum Gasteiger partial charge on any atom is 0.126 e. The van der Waals surface area contributed by atoms with Gasteiger partial charge in [-0.15, -0.1) is 0 Å². The van der Waals surface area contributed by atoms with Gasteiger partial charge in [-0.1, -0.05) is 13.8 Å². The molecule has 17 heavy (non-hydrogen) atoms. The lowest BCUT2D eigenvalue weighted by molar-refractivity contribution is 0.584. The quantitative estimate of drug-likeness (QED) is 0.883. The van der Waals surface area contributed by atoms with E-state index < -0.39 is 11.6 Å². The lowest BCUT2D eigenvalue weighted by Gasteiger charge is -2.02. The number of H-pyrrole nitrogens is 1. The van der Waals surface area contributed by atoms with Crippen LogP contribution in [0, 0.1) is 11.6 Å². The summed E-state index contributed by atoms with van der Waals surface area (Å²) in [4.78, 5) is 0. The van der Waals surface area contributed by atoms with E-state index in [0.29, 0.717) is 11.3 Å². The summed E-state index contributed by atoms with van der Waals surface area (Å²) in [5.41, 5.74) is 1.84. The summed E-state index contributed by atoms with van der Waals surface area (Å²) in [6.07, 6.45) is 0. The summed E-state index contributed by atoms with van der Waals surface area (Å²) in [5.74, 6) is -0.967. The summed E-state index contributed by atoms with van der Waals surface area (Å²) in [7, 11) is 0. The summed E-state index contributed by atoms with van der Waals surface area (Å²) >= 11 is 3.40. The van der Waals surface area contributed by atoms with Gasteiger partial charge in [0.25, 0.3) is 0 Å². The number of nitrogens with one attached hydrogen (secondary N) is 1. The molecule has 0 saturated carbocycles. The highest BCUT2D eigenvalue weighted by atomic mass is 79.9. The molecule has 2 nitrogen and oxygen atoms in total. The van der Waals surface area contributed by atoms with Crippen LogP contribution in [0.15, 0.2) is 22.7 Å². The Kier molecular flexibility index (Phi) is 3.28. The minimum Gasteiger partial charge on any atom is -0.281 e. The van der Waals surface area contributed by atoms with E-state index in [9.17, 15) is 8.78 Å². The first-order valence-corrected chi connectivity index (χ1v) is 5.98. The Balaban J connectivity index is 2.53. The lowest BCUT2D eigenvalue weighted by atomic mass is 10.1. The van der Waals surface area contributed by atoms with Gasteiger partial charge in [-0.3, -0.25) is 5.10 Å². The van der Waals surface area contributed by atoms with Gasteiger partial charge in [0.15, 0.2) is 0 Å². The molecule has 90 valence electrons. The Morgan fingerprint density at radius 1 is 1.18 bits per heavy atom. The van der Waals surface area contributed by atoms with Crippen molar-refractivity contribution in [3.63, 3.8) is 0 Å². The zero-order valence-corrected chi connectivity index (χ0v) is 11.0. The van der Waals surface area contributed by atoms with Crippen molar-refractivity contribution in [2.24, 2.45) is 0 Å². The van der Waals surface area contributed by atoms with Gasteiger partial charge in [0.1, 0.15) is 17.3 Å². The van der Waals surface area contributed by atoms with Gasteiger partial charge < -0.3 is 0 Å². The Morgan fingerprint density at radius 2 is 1.76 bits per heavy atom. The summed E-state index contributed by atoms with van der Waals surface area (Å²) < 4.78 is 27.0. The van der Waals surface area contributed by atoms with Crippen LogP contribution in [0.5, 0.6) is 0 Å². The van der Waals surface area contributed by atoms with Crippen molar-refractivity contribution >= 4 is 15.9 Å².